The monoisotopic (exact) mass is 244 g/mol. The van der Waals surface area contributed by atoms with Gasteiger partial charge in [-0.25, -0.2) is 4.39 Å². The minimum Gasteiger partial charge on any atom is -0.508 e. The third-order valence-electron chi connectivity index (χ3n) is 3.29. The van der Waals surface area contributed by atoms with Crippen LogP contribution in [0.1, 0.15) is 16.7 Å². The van der Waals surface area contributed by atoms with E-state index in [4.69, 9.17) is 4.74 Å². The van der Waals surface area contributed by atoms with Gasteiger partial charge in [-0.3, -0.25) is 0 Å². The molecule has 0 bridgehead atoms. The first-order valence-electron chi connectivity index (χ1n) is 5.92. The van der Waals surface area contributed by atoms with Gasteiger partial charge in [-0.15, -0.1) is 0 Å². The Morgan fingerprint density at radius 2 is 1.78 bits per heavy atom. The first-order chi connectivity index (χ1) is 8.63. The summed E-state index contributed by atoms with van der Waals surface area (Å²) < 4.78 is 18.9. The van der Waals surface area contributed by atoms with Crippen LogP contribution in [-0.4, -0.2) is 5.11 Å². The van der Waals surface area contributed by atoms with Crippen molar-refractivity contribution in [3.05, 3.63) is 52.8 Å². The van der Waals surface area contributed by atoms with Gasteiger partial charge in [-0.1, -0.05) is 6.07 Å². The van der Waals surface area contributed by atoms with E-state index < -0.39 is 0 Å². The molecule has 2 aromatic carbocycles. The maximum absolute atomic E-state index is 13.2. The molecule has 0 amide bonds. The summed E-state index contributed by atoms with van der Waals surface area (Å²) in [5.74, 6) is 1.04. The molecule has 1 aliphatic rings. The lowest BCUT2D eigenvalue weighted by atomic mass is 10.0. The lowest BCUT2D eigenvalue weighted by molar-refractivity contribution is 0.448. The van der Waals surface area contributed by atoms with Gasteiger partial charge < -0.3 is 9.84 Å². The number of ether oxygens (including phenoxy) is 1. The number of aromatic hydroxyl groups is 1. The molecule has 3 rings (SSSR count). The number of benzene rings is 2. The number of aryl methyl sites for hydroxylation is 3. The number of hydrogen-bond acceptors (Lipinski definition) is 2. The summed E-state index contributed by atoms with van der Waals surface area (Å²) >= 11 is 0. The minimum absolute atomic E-state index is 0.202. The van der Waals surface area contributed by atoms with Crippen LogP contribution in [0.4, 0.5) is 4.39 Å². The Bertz CT molecular complexity index is 620. The Hall–Kier alpha value is -2.03. The van der Waals surface area contributed by atoms with Gasteiger partial charge >= 0.3 is 0 Å². The maximum atomic E-state index is 13.2. The minimum atomic E-state index is -0.312. The van der Waals surface area contributed by atoms with Crippen molar-refractivity contribution in [1.29, 1.82) is 0 Å². The number of hydrogen-bond donors (Lipinski definition) is 1. The van der Waals surface area contributed by atoms with Gasteiger partial charge in [0.2, 0.25) is 0 Å². The van der Waals surface area contributed by atoms with Crippen LogP contribution in [0, 0.1) is 12.7 Å². The molecule has 0 atom stereocenters. The summed E-state index contributed by atoms with van der Waals surface area (Å²) in [7, 11) is 0. The summed E-state index contributed by atoms with van der Waals surface area (Å²) in [6.45, 7) is 1.85. The molecule has 2 aromatic rings. The highest BCUT2D eigenvalue weighted by molar-refractivity contribution is 5.50. The SMILES string of the molecule is Cc1cc2c(cc1O)Oc1cc(F)ccc1CC2. The highest BCUT2D eigenvalue weighted by Gasteiger charge is 2.16. The second-order valence-electron chi connectivity index (χ2n) is 4.60. The number of phenols is 1. The van der Waals surface area contributed by atoms with Gasteiger partial charge in [-0.2, -0.15) is 0 Å². The summed E-state index contributed by atoms with van der Waals surface area (Å²) in [6.07, 6.45) is 1.64. The van der Waals surface area contributed by atoms with Crippen molar-refractivity contribution < 1.29 is 14.2 Å². The molecule has 3 heteroatoms. The fourth-order valence-corrected chi connectivity index (χ4v) is 2.25. The van der Waals surface area contributed by atoms with Crippen LogP contribution in [0.3, 0.4) is 0 Å². The van der Waals surface area contributed by atoms with Crippen molar-refractivity contribution in [3.8, 4) is 17.2 Å². The van der Waals surface area contributed by atoms with Gasteiger partial charge in [0.05, 0.1) is 0 Å². The van der Waals surface area contributed by atoms with Gasteiger partial charge in [0.25, 0.3) is 0 Å². The maximum Gasteiger partial charge on any atom is 0.134 e. The van der Waals surface area contributed by atoms with Crippen molar-refractivity contribution in [3.63, 3.8) is 0 Å². The molecule has 1 N–H and O–H groups in total. The molecular formula is C15H13FO2. The van der Waals surface area contributed by atoms with E-state index in [9.17, 15) is 9.50 Å². The van der Waals surface area contributed by atoms with Crippen LogP contribution in [0.2, 0.25) is 0 Å². The Balaban J connectivity index is 2.10. The first kappa shape index (κ1) is 11.1. The van der Waals surface area contributed by atoms with Crippen LogP contribution in [0.5, 0.6) is 17.2 Å². The zero-order chi connectivity index (χ0) is 12.7. The molecule has 0 saturated heterocycles. The predicted octanol–water partition coefficient (Wildman–Crippen LogP) is 3.73. The zero-order valence-electron chi connectivity index (χ0n) is 10.0. The normalized spacial score (nSPS) is 13.2. The Labute approximate surface area is 105 Å². The van der Waals surface area contributed by atoms with Gasteiger partial charge in [-0.05, 0) is 48.6 Å². The molecule has 0 fully saturated rings. The van der Waals surface area contributed by atoms with Crippen molar-refractivity contribution in [2.75, 3.05) is 0 Å². The summed E-state index contributed by atoms with van der Waals surface area (Å²) in [5, 5.41) is 9.72. The number of phenolic OH excluding ortho intramolecular Hbond substituents is 1. The van der Waals surface area contributed by atoms with Crippen molar-refractivity contribution in [2.45, 2.75) is 19.8 Å². The first-order valence-corrected chi connectivity index (χ1v) is 5.92. The third-order valence-corrected chi connectivity index (χ3v) is 3.29. The van der Waals surface area contributed by atoms with Crippen LogP contribution in [0.25, 0.3) is 0 Å². The lowest BCUT2D eigenvalue weighted by Crippen LogP contribution is -1.90. The van der Waals surface area contributed by atoms with E-state index in [0.717, 1.165) is 29.5 Å². The van der Waals surface area contributed by atoms with E-state index in [-0.39, 0.29) is 11.6 Å². The average Bonchev–Trinajstić information content (AvgIpc) is 2.49. The highest BCUT2D eigenvalue weighted by Crippen LogP contribution is 2.37. The van der Waals surface area contributed by atoms with Crippen molar-refractivity contribution in [2.24, 2.45) is 0 Å². The summed E-state index contributed by atoms with van der Waals surface area (Å²) in [4.78, 5) is 0. The van der Waals surface area contributed by atoms with Gasteiger partial charge in [0.15, 0.2) is 0 Å². The van der Waals surface area contributed by atoms with Crippen LogP contribution >= 0.6 is 0 Å². The van der Waals surface area contributed by atoms with Crippen molar-refractivity contribution in [1.82, 2.24) is 0 Å². The van der Waals surface area contributed by atoms with Gasteiger partial charge in [0.1, 0.15) is 23.1 Å². The Morgan fingerprint density at radius 3 is 2.61 bits per heavy atom. The fourth-order valence-electron chi connectivity index (χ4n) is 2.25. The average molecular weight is 244 g/mol. The molecule has 2 nitrogen and oxygen atoms in total. The predicted molar refractivity (Wildman–Crippen MR) is 66.7 cm³/mol. The smallest absolute Gasteiger partial charge is 0.134 e. The quantitative estimate of drug-likeness (QED) is 0.765. The molecular weight excluding hydrogens is 231 g/mol. The van der Waals surface area contributed by atoms with Crippen molar-refractivity contribution >= 4 is 0 Å². The molecule has 0 saturated carbocycles. The molecule has 0 aliphatic carbocycles. The lowest BCUT2D eigenvalue weighted by Gasteiger charge is -2.10. The number of rotatable bonds is 0. The second-order valence-corrected chi connectivity index (χ2v) is 4.60. The molecule has 0 aromatic heterocycles. The van der Waals surface area contributed by atoms with Crippen LogP contribution in [-0.2, 0) is 12.8 Å². The Morgan fingerprint density at radius 1 is 1.06 bits per heavy atom. The third kappa shape index (κ3) is 1.82. The summed E-state index contributed by atoms with van der Waals surface area (Å²) in [6, 6.07) is 8.11. The zero-order valence-corrected chi connectivity index (χ0v) is 10.0. The second kappa shape index (κ2) is 4.02. The topological polar surface area (TPSA) is 29.5 Å². The molecule has 1 heterocycles. The number of fused-ring (bicyclic) bond motifs is 2. The summed E-state index contributed by atoms with van der Waals surface area (Å²) in [5.41, 5.74) is 2.86. The van der Waals surface area contributed by atoms with E-state index >= 15 is 0 Å². The molecule has 0 spiro atoms. The molecule has 1 aliphatic heterocycles. The van der Waals surface area contributed by atoms with E-state index in [2.05, 4.69) is 0 Å². The molecule has 0 radical (unpaired) electrons. The Kier molecular flexibility index (Phi) is 2.47. The molecule has 0 unspecified atom stereocenters. The van der Waals surface area contributed by atoms with E-state index in [1.54, 1.807) is 12.1 Å². The van der Waals surface area contributed by atoms with E-state index in [1.807, 2.05) is 13.0 Å². The number of halogens is 1. The fraction of sp³-hybridized carbons (Fsp3) is 0.200. The van der Waals surface area contributed by atoms with Crippen LogP contribution in [0.15, 0.2) is 30.3 Å². The van der Waals surface area contributed by atoms with Crippen LogP contribution < -0.4 is 4.74 Å². The van der Waals surface area contributed by atoms with E-state index in [1.165, 1.54) is 12.1 Å². The standard InChI is InChI=1S/C15H13FO2/c1-9-6-11-3-2-10-4-5-12(16)7-14(10)18-15(11)8-13(9)17/h4-8,17H,2-3H2,1H3. The highest BCUT2D eigenvalue weighted by atomic mass is 19.1. The molecule has 92 valence electrons. The largest absolute Gasteiger partial charge is 0.508 e. The molecule has 18 heavy (non-hydrogen) atoms. The van der Waals surface area contributed by atoms with E-state index in [0.29, 0.717) is 11.5 Å². The van der Waals surface area contributed by atoms with Gasteiger partial charge in [0, 0.05) is 12.1 Å².